The van der Waals surface area contributed by atoms with Crippen LogP contribution < -0.4 is 4.90 Å². The lowest BCUT2D eigenvalue weighted by atomic mass is 9.71. The van der Waals surface area contributed by atoms with Crippen LogP contribution in [0.2, 0.25) is 0 Å². The van der Waals surface area contributed by atoms with E-state index in [1.165, 1.54) is 51.7 Å². The maximum Gasteiger partial charge on any atom is 0.151 e. The first-order chi connectivity index (χ1) is 15.0. The molecule has 0 aromatic carbocycles. The summed E-state index contributed by atoms with van der Waals surface area (Å²) in [5.41, 5.74) is 5.35. The average Bonchev–Trinajstić information content (AvgIpc) is 3.46. The van der Waals surface area contributed by atoms with Crippen molar-refractivity contribution in [1.29, 1.82) is 0 Å². The van der Waals surface area contributed by atoms with E-state index in [2.05, 4.69) is 57.2 Å². The van der Waals surface area contributed by atoms with E-state index in [0.717, 1.165) is 41.1 Å². The second kappa shape index (κ2) is 7.16. The van der Waals surface area contributed by atoms with E-state index in [4.69, 9.17) is 0 Å². The van der Waals surface area contributed by atoms with E-state index >= 15 is 0 Å². The molecule has 2 saturated heterocycles. The van der Waals surface area contributed by atoms with Crippen molar-refractivity contribution in [3.8, 4) is 11.4 Å². The highest BCUT2D eigenvalue weighted by molar-refractivity contribution is 5.59. The Labute approximate surface area is 185 Å². The summed E-state index contributed by atoms with van der Waals surface area (Å²) in [6, 6.07) is 4.86. The number of anilines is 1. The minimum atomic E-state index is 0.527. The first kappa shape index (κ1) is 19.5. The van der Waals surface area contributed by atoms with Crippen molar-refractivity contribution in [2.75, 3.05) is 31.1 Å². The van der Waals surface area contributed by atoms with Gasteiger partial charge in [0.25, 0.3) is 0 Å². The Balaban J connectivity index is 1.15. The lowest BCUT2D eigenvalue weighted by Crippen LogP contribution is -2.41. The molecule has 2 unspecified atom stereocenters. The van der Waals surface area contributed by atoms with Crippen LogP contribution in [-0.2, 0) is 7.05 Å². The summed E-state index contributed by atoms with van der Waals surface area (Å²) >= 11 is 0. The Morgan fingerprint density at radius 3 is 2.87 bits per heavy atom. The van der Waals surface area contributed by atoms with Gasteiger partial charge in [-0.15, -0.1) is 10.2 Å². The van der Waals surface area contributed by atoms with Gasteiger partial charge in [-0.2, -0.15) is 5.10 Å². The number of hydrogen-bond donors (Lipinski definition) is 0. The molecule has 2 bridgehead atoms. The molecule has 31 heavy (non-hydrogen) atoms. The lowest BCUT2D eigenvalue weighted by Gasteiger charge is -2.39. The molecule has 1 saturated carbocycles. The van der Waals surface area contributed by atoms with Crippen LogP contribution in [0.3, 0.4) is 0 Å². The molecule has 4 heterocycles. The maximum atomic E-state index is 4.65. The van der Waals surface area contributed by atoms with Crippen LogP contribution in [0.15, 0.2) is 30.0 Å². The molecular weight excluding hydrogens is 384 g/mol. The first-order valence-electron chi connectivity index (χ1n) is 12.0. The first-order valence-corrected chi connectivity index (χ1v) is 12.0. The summed E-state index contributed by atoms with van der Waals surface area (Å²) in [5, 5.41) is 13.6. The minimum absolute atomic E-state index is 0.527. The van der Waals surface area contributed by atoms with Gasteiger partial charge in [-0.05, 0) is 74.0 Å². The van der Waals surface area contributed by atoms with Crippen molar-refractivity contribution in [2.45, 2.75) is 52.0 Å². The molecule has 0 N–H and O–H groups in total. The summed E-state index contributed by atoms with van der Waals surface area (Å²) in [4.78, 5) is 5.30. The number of rotatable bonds is 4. The molecule has 0 amide bonds. The largest absolute Gasteiger partial charge is 0.351 e. The number of likely N-dealkylation sites (tertiary alicyclic amines) is 1. The zero-order valence-corrected chi connectivity index (χ0v) is 19.1. The molecule has 6 rings (SSSR count). The molecule has 2 aromatic rings. The summed E-state index contributed by atoms with van der Waals surface area (Å²) in [7, 11) is 1.96. The fraction of sp³-hybridized carbons (Fsp3) is 0.640. The van der Waals surface area contributed by atoms with Gasteiger partial charge in [-0.1, -0.05) is 18.6 Å². The van der Waals surface area contributed by atoms with Crippen LogP contribution in [0.25, 0.3) is 11.4 Å². The molecule has 2 aromatic heterocycles. The van der Waals surface area contributed by atoms with E-state index in [1.54, 1.807) is 5.57 Å². The van der Waals surface area contributed by atoms with Gasteiger partial charge in [-0.25, -0.2) is 0 Å². The van der Waals surface area contributed by atoms with E-state index in [-0.39, 0.29) is 0 Å². The summed E-state index contributed by atoms with van der Waals surface area (Å²) in [6.45, 7) is 9.35. The molecule has 0 spiro atoms. The Morgan fingerprint density at radius 2 is 2.10 bits per heavy atom. The molecule has 6 nitrogen and oxygen atoms in total. The highest BCUT2D eigenvalue weighted by atomic mass is 15.3. The predicted octanol–water partition coefficient (Wildman–Crippen LogP) is 3.83. The van der Waals surface area contributed by atoms with Gasteiger partial charge in [0.2, 0.25) is 0 Å². The minimum Gasteiger partial charge on any atom is -0.351 e. The molecule has 4 aliphatic rings. The van der Waals surface area contributed by atoms with Crippen molar-refractivity contribution >= 4 is 5.82 Å². The third-order valence-corrected chi connectivity index (χ3v) is 8.31. The fourth-order valence-electron chi connectivity index (χ4n) is 7.20. The molecule has 4 atom stereocenters. The molecule has 3 fully saturated rings. The lowest BCUT2D eigenvalue weighted by molar-refractivity contribution is 0.129. The van der Waals surface area contributed by atoms with Gasteiger partial charge in [0, 0.05) is 39.3 Å². The van der Waals surface area contributed by atoms with Crippen molar-refractivity contribution in [1.82, 2.24) is 24.9 Å². The number of nitrogens with zero attached hydrogens (tertiary/aromatic N) is 6. The molecule has 2 aliphatic heterocycles. The topological polar surface area (TPSA) is 50.1 Å². The van der Waals surface area contributed by atoms with Crippen LogP contribution in [0.4, 0.5) is 5.82 Å². The van der Waals surface area contributed by atoms with E-state index in [9.17, 15) is 0 Å². The number of aromatic nitrogens is 4. The SMILES string of the molecule is Cc1cnn(C)c1-c1ccc(N2CC[C@@H]3CN(CC45CC=C(CC(C)C4)C5)C[C@@H]32)nn1. The highest BCUT2D eigenvalue weighted by Crippen LogP contribution is 2.51. The summed E-state index contributed by atoms with van der Waals surface area (Å²) < 4.78 is 1.88. The normalized spacial score (nSPS) is 32.5. The fourth-order valence-corrected chi connectivity index (χ4v) is 7.20. The second-order valence-electron chi connectivity index (χ2n) is 10.8. The van der Waals surface area contributed by atoms with Gasteiger partial charge < -0.3 is 9.80 Å². The predicted molar refractivity (Wildman–Crippen MR) is 123 cm³/mol. The van der Waals surface area contributed by atoms with E-state index in [1.807, 2.05) is 17.9 Å². The van der Waals surface area contributed by atoms with E-state index in [0.29, 0.717) is 11.5 Å². The Bertz CT molecular complexity index is 988. The standard InChI is InChI=1S/C25H34N6/c1-17-10-19-6-8-25(11-17,12-19)16-30-14-20-7-9-31(22(20)15-30)23-5-4-21(27-28-23)24-18(2)13-26-29(24)3/h4-6,13,17,20,22H,7-12,14-16H2,1-3H3/t17?,20-,22+,25?/m1/s1. The molecular formula is C25H34N6. The van der Waals surface area contributed by atoms with Crippen LogP contribution in [0.5, 0.6) is 0 Å². The average molecular weight is 419 g/mol. The quantitative estimate of drug-likeness (QED) is 0.707. The van der Waals surface area contributed by atoms with Crippen LogP contribution in [-0.4, -0.2) is 57.1 Å². The van der Waals surface area contributed by atoms with Crippen molar-refractivity contribution < 1.29 is 0 Å². The van der Waals surface area contributed by atoms with Crippen molar-refractivity contribution in [3.63, 3.8) is 0 Å². The van der Waals surface area contributed by atoms with Crippen LogP contribution in [0, 0.1) is 24.2 Å². The monoisotopic (exact) mass is 418 g/mol. The molecule has 2 aliphatic carbocycles. The Hall–Kier alpha value is -2.21. The molecule has 164 valence electrons. The van der Waals surface area contributed by atoms with Crippen LogP contribution in [0.1, 0.15) is 44.6 Å². The smallest absolute Gasteiger partial charge is 0.151 e. The second-order valence-corrected chi connectivity index (χ2v) is 10.8. The van der Waals surface area contributed by atoms with Gasteiger partial charge in [-0.3, -0.25) is 4.68 Å². The van der Waals surface area contributed by atoms with Crippen molar-refractivity contribution in [3.05, 3.63) is 35.5 Å². The number of fused-ring (bicyclic) bond motifs is 3. The Morgan fingerprint density at radius 1 is 1.19 bits per heavy atom. The maximum absolute atomic E-state index is 4.65. The number of allylic oxidation sites excluding steroid dienone is 2. The Kier molecular flexibility index (Phi) is 4.50. The number of hydrogen-bond acceptors (Lipinski definition) is 5. The third kappa shape index (κ3) is 3.30. The van der Waals surface area contributed by atoms with Gasteiger partial charge in [0.05, 0.1) is 11.9 Å². The van der Waals surface area contributed by atoms with Crippen molar-refractivity contribution in [2.24, 2.45) is 24.3 Å². The van der Waals surface area contributed by atoms with E-state index < -0.39 is 0 Å². The number of aryl methyl sites for hydroxylation is 2. The summed E-state index contributed by atoms with van der Waals surface area (Å²) in [5.74, 6) is 2.66. The zero-order valence-electron chi connectivity index (χ0n) is 19.1. The highest BCUT2D eigenvalue weighted by Gasteiger charge is 2.46. The molecule has 0 radical (unpaired) electrons. The van der Waals surface area contributed by atoms with Gasteiger partial charge in [0.1, 0.15) is 5.69 Å². The van der Waals surface area contributed by atoms with Crippen LogP contribution >= 0.6 is 0 Å². The summed E-state index contributed by atoms with van der Waals surface area (Å²) in [6.07, 6.45) is 11.1. The molecule has 6 heteroatoms. The van der Waals surface area contributed by atoms with Gasteiger partial charge >= 0.3 is 0 Å². The zero-order chi connectivity index (χ0) is 21.2. The third-order valence-electron chi connectivity index (χ3n) is 8.31. The van der Waals surface area contributed by atoms with Gasteiger partial charge in [0.15, 0.2) is 5.82 Å².